The van der Waals surface area contributed by atoms with Gasteiger partial charge in [0.25, 0.3) is 5.91 Å². The Morgan fingerprint density at radius 1 is 0.684 bits per heavy atom. The SMILES string of the molecule is CC(=O)NCCNc1cc(NCCNC(=O)c2ccc(-c3ccccc3)cc2)nc(-c2ccc(Cl)cc2)n1. The number of halogens is 1. The first kappa shape index (κ1) is 26.6. The van der Waals surface area contributed by atoms with Gasteiger partial charge in [-0.1, -0.05) is 54.1 Å². The van der Waals surface area contributed by atoms with Crippen molar-refractivity contribution in [1.82, 2.24) is 20.6 Å². The fraction of sp³-hybridized carbons (Fsp3) is 0.172. The van der Waals surface area contributed by atoms with Crippen molar-refractivity contribution >= 4 is 35.1 Å². The van der Waals surface area contributed by atoms with Crippen molar-refractivity contribution < 1.29 is 9.59 Å². The predicted octanol–water partition coefficient (Wildman–Crippen LogP) is 4.85. The smallest absolute Gasteiger partial charge is 0.251 e. The number of benzene rings is 3. The van der Waals surface area contributed by atoms with E-state index in [1.54, 1.807) is 18.2 Å². The van der Waals surface area contributed by atoms with E-state index in [0.29, 0.717) is 54.2 Å². The number of hydrogen-bond donors (Lipinski definition) is 4. The molecule has 0 aliphatic heterocycles. The molecule has 0 bridgehead atoms. The molecule has 3 aromatic carbocycles. The molecule has 9 heteroatoms. The Hall–Kier alpha value is -4.43. The van der Waals surface area contributed by atoms with Crippen molar-refractivity contribution in [1.29, 1.82) is 0 Å². The largest absolute Gasteiger partial charge is 0.368 e. The number of nitrogens with zero attached hydrogens (tertiary/aromatic N) is 2. The third-order valence-electron chi connectivity index (χ3n) is 5.60. The molecule has 0 atom stereocenters. The van der Waals surface area contributed by atoms with Gasteiger partial charge in [0.15, 0.2) is 5.82 Å². The molecule has 0 aliphatic carbocycles. The molecule has 1 aromatic heterocycles. The van der Waals surface area contributed by atoms with E-state index in [9.17, 15) is 9.59 Å². The average Bonchev–Trinajstić information content (AvgIpc) is 2.94. The zero-order valence-corrected chi connectivity index (χ0v) is 21.8. The van der Waals surface area contributed by atoms with E-state index in [2.05, 4.69) is 31.2 Å². The number of aromatic nitrogens is 2. The molecule has 8 nitrogen and oxygen atoms in total. The third-order valence-corrected chi connectivity index (χ3v) is 5.86. The average molecular weight is 529 g/mol. The lowest BCUT2D eigenvalue weighted by molar-refractivity contribution is -0.118. The molecule has 0 unspecified atom stereocenters. The van der Waals surface area contributed by atoms with Crippen molar-refractivity contribution in [3.05, 3.63) is 95.5 Å². The molecule has 4 rings (SSSR count). The van der Waals surface area contributed by atoms with Gasteiger partial charge >= 0.3 is 0 Å². The van der Waals surface area contributed by atoms with Crippen LogP contribution in [0.25, 0.3) is 22.5 Å². The topological polar surface area (TPSA) is 108 Å². The molecule has 0 saturated heterocycles. The van der Waals surface area contributed by atoms with Crippen LogP contribution in [0.4, 0.5) is 11.6 Å². The fourth-order valence-electron chi connectivity index (χ4n) is 3.70. The summed E-state index contributed by atoms with van der Waals surface area (Å²) in [6, 6.07) is 26.6. The van der Waals surface area contributed by atoms with Crippen molar-refractivity contribution in [3.63, 3.8) is 0 Å². The highest BCUT2D eigenvalue weighted by atomic mass is 35.5. The number of rotatable bonds is 11. The lowest BCUT2D eigenvalue weighted by Crippen LogP contribution is -2.29. The minimum atomic E-state index is -0.142. The summed E-state index contributed by atoms with van der Waals surface area (Å²) in [6.45, 7) is 3.33. The Morgan fingerprint density at radius 2 is 1.24 bits per heavy atom. The Kier molecular flexibility index (Phi) is 9.26. The number of carbonyl (C=O) groups excluding carboxylic acids is 2. The van der Waals surface area contributed by atoms with E-state index in [4.69, 9.17) is 11.6 Å². The van der Waals surface area contributed by atoms with E-state index in [1.807, 2.05) is 66.7 Å². The maximum absolute atomic E-state index is 12.6. The Bertz CT molecular complexity index is 1360. The second kappa shape index (κ2) is 13.2. The molecular formula is C29H29ClN6O2. The second-order valence-corrected chi connectivity index (χ2v) is 8.94. The normalized spacial score (nSPS) is 10.5. The first-order valence-electron chi connectivity index (χ1n) is 12.3. The fourth-order valence-corrected chi connectivity index (χ4v) is 3.82. The first-order chi connectivity index (χ1) is 18.5. The van der Waals surface area contributed by atoms with Crippen LogP contribution in [-0.4, -0.2) is 48.0 Å². The third kappa shape index (κ3) is 7.78. The molecule has 4 N–H and O–H groups in total. The number of nitrogens with one attached hydrogen (secondary N) is 4. The van der Waals surface area contributed by atoms with Crippen LogP contribution in [0, 0.1) is 0 Å². The van der Waals surface area contributed by atoms with E-state index in [1.165, 1.54) is 6.92 Å². The zero-order chi connectivity index (χ0) is 26.7. The highest BCUT2D eigenvalue weighted by molar-refractivity contribution is 6.30. The minimum Gasteiger partial charge on any atom is -0.368 e. The van der Waals surface area contributed by atoms with E-state index in [0.717, 1.165) is 16.7 Å². The summed E-state index contributed by atoms with van der Waals surface area (Å²) in [5.41, 5.74) is 3.58. The molecule has 0 aliphatic rings. The molecule has 0 saturated carbocycles. The molecule has 2 amide bonds. The second-order valence-electron chi connectivity index (χ2n) is 8.50. The summed E-state index contributed by atoms with van der Waals surface area (Å²) < 4.78 is 0. The monoisotopic (exact) mass is 528 g/mol. The molecule has 1 heterocycles. The van der Waals surface area contributed by atoms with Crippen LogP contribution in [0.5, 0.6) is 0 Å². The molecule has 4 aromatic rings. The molecule has 0 radical (unpaired) electrons. The summed E-state index contributed by atoms with van der Waals surface area (Å²) in [7, 11) is 0. The predicted molar refractivity (Wildman–Crippen MR) is 152 cm³/mol. The summed E-state index contributed by atoms with van der Waals surface area (Å²) in [4.78, 5) is 32.9. The van der Waals surface area contributed by atoms with Crippen LogP contribution >= 0.6 is 11.6 Å². The summed E-state index contributed by atoms with van der Waals surface area (Å²) >= 11 is 6.03. The molecular weight excluding hydrogens is 500 g/mol. The van der Waals surface area contributed by atoms with Crippen molar-refractivity contribution in [2.75, 3.05) is 36.8 Å². The number of anilines is 2. The zero-order valence-electron chi connectivity index (χ0n) is 21.0. The van der Waals surface area contributed by atoms with Crippen molar-refractivity contribution in [2.24, 2.45) is 0 Å². The maximum atomic E-state index is 12.6. The lowest BCUT2D eigenvalue weighted by Gasteiger charge is -2.12. The van der Waals surface area contributed by atoms with E-state index < -0.39 is 0 Å². The van der Waals surface area contributed by atoms with Gasteiger partial charge in [0.1, 0.15) is 11.6 Å². The maximum Gasteiger partial charge on any atom is 0.251 e. The van der Waals surface area contributed by atoms with E-state index in [-0.39, 0.29) is 11.8 Å². The van der Waals surface area contributed by atoms with E-state index >= 15 is 0 Å². The standard InChI is InChI=1S/C29H29ClN6O2/c1-20(37)31-15-16-32-26-19-27(36-28(35-26)23-11-13-25(30)14-12-23)33-17-18-34-29(38)24-9-7-22(8-10-24)21-5-3-2-4-6-21/h2-14,19H,15-18H2,1H3,(H,31,37)(H,34,38)(H2,32,33,35,36). The Labute approximate surface area is 226 Å². The van der Waals surface area contributed by atoms with Crippen LogP contribution in [0.1, 0.15) is 17.3 Å². The highest BCUT2D eigenvalue weighted by Crippen LogP contribution is 2.22. The van der Waals surface area contributed by atoms with Gasteiger partial charge in [0.2, 0.25) is 5.91 Å². The number of hydrogen-bond acceptors (Lipinski definition) is 6. The minimum absolute atomic E-state index is 0.0899. The van der Waals surface area contributed by atoms with Crippen LogP contribution in [-0.2, 0) is 4.79 Å². The molecule has 0 fully saturated rings. The van der Waals surface area contributed by atoms with Crippen LogP contribution in [0.15, 0.2) is 84.9 Å². The molecule has 194 valence electrons. The van der Waals surface area contributed by atoms with Gasteiger partial charge < -0.3 is 21.3 Å². The van der Waals surface area contributed by atoms with Gasteiger partial charge in [0, 0.05) is 55.3 Å². The van der Waals surface area contributed by atoms with Gasteiger partial charge in [-0.2, -0.15) is 0 Å². The summed E-state index contributed by atoms with van der Waals surface area (Å²) in [5, 5.41) is 12.8. The highest BCUT2D eigenvalue weighted by Gasteiger charge is 2.09. The molecule has 0 spiro atoms. The van der Waals surface area contributed by atoms with Gasteiger partial charge in [-0.15, -0.1) is 0 Å². The lowest BCUT2D eigenvalue weighted by atomic mass is 10.0. The van der Waals surface area contributed by atoms with Gasteiger partial charge in [-0.3, -0.25) is 9.59 Å². The van der Waals surface area contributed by atoms with Crippen molar-refractivity contribution in [2.45, 2.75) is 6.92 Å². The van der Waals surface area contributed by atoms with Gasteiger partial charge in [-0.05, 0) is 47.5 Å². The van der Waals surface area contributed by atoms with Crippen LogP contribution in [0.3, 0.4) is 0 Å². The van der Waals surface area contributed by atoms with Crippen LogP contribution < -0.4 is 21.3 Å². The number of carbonyl (C=O) groups is 2. The number of amides is 2. The summed E-state index contributed by atoms with van der Waals surface area (Å²) in [6.07, 6.45) is 0. The van der Waals surface area contributed by atoms with Gasteiger partial charge in [-0.25, -0.2) is 9.97 Å². The Morgan fingerprint density at radius 3 is 1.84 bits per heavy atom. The summed E-state index contributed by atoms with van der Waals surface area (Å²) in [5.74, 6) is 1.51. The molecule has 38 heavy (non-hydrogen) atoms. The first-order valence-corrected chi connectivity index (χ1v) is 12.7. The Balaban J connectivity index is 1.35. The van der Waals surface area contributed by atoms with Crippen LogP contribution in [0.2, 0.25) is 5.02 Å². The van der Waals surface area contributed by atoms with Crippen molar-refractivity contribution in [3.8, 4) is 22.5 Å². The van der Waals surface area contributed by atoms with Gasteiger partial charge in [0.05, 0.1) is 0 Å². The quantitative estimate of drug-likeness (QED) is 0.207.